The topological polar surface area (TPSA) is 106 Å². The Kier molecular flexibility index (Phi) is 8.62. The molecule has 0 N–H and O–H groups in total. The molecule has 0 radical (unpaired) electrons. The van der Waals surface area contributed by atoms with Gasteiger partial charge in [0.15, 0.2) is 11.5 Å². The van der Waals surface area contributed by atoms with Crippen molar-refractivity contribution in [3.8, 4) is 17.5 Å². The number of nitriles is 1. The lowest BCUT2D eigenvalue weighted by Gasteiger charge is -2.43. The monoisotopic (exact) mass is 550 g/mol. The Balaban J connectivity index is 1.52. The van der Waals surface area contributed by atoms with Crippen LogP contribution in [0.2, 0.25) is 25.7 Å². The largest absolute Gasteiger partial charge is 0.444 e. The Hall–Kier alpha value is -3.03. The molecule has 0 bridgehead atoms. The van der Waals surface area contributed by atoms with E-state index in [2.05, 4.69) is 41.8 Å². The SMILES string of the molecule is CC(C)(C)OC(=O)N1CCC2(CC=C(c3nn(COCC[Si](C)(C)C)c(C#N)c3-c3ncccn3)CC2)CC1. The number of hydrogen-bond donors (Lipinski definition) is 0. The molecular formula is C29H42N6O3Si. The lowest BCUT2D eigenvalue weighted by Crippen LogP contribution is -2.45. The van der Waals surface area contributed by atoms with Crippen LogP contribution < -0.4 is 0 Å². The molecule has 0 unspecified atom stereocenters. The van der Waals surface area contributed by atoms with Gasteiger partial charge in [0.05, 0.1) is 5.56 Å². The summed E-state index contributed by atoms with van der Waals surface area (Å²) in [6.45, 7) is 15.0. The number of piperidine rings is 1. The summed E-state index contributed by atoms with van der Waals surface area (Å²) in [6.07, 6.45) is 10.1. The molecule has 1 aliphatic heterocycles. The summed E-state index contributed by atoms with van der Waals surface area (Å²) in [5.41, 5.74) is 2.68. The van der Waals surface area contributed by atoms with Gasteiger partial charge in [0.2, 0.25) is 0 Å². The molecule has 2 aliphatic rings. The van der Waals surface area contributed by atoms with E-state index in [9.17, 15) is 10.1 Å². The van der Waals surface area contributed by atoms with Crippen LogP contribution in [-0.4, -0.2) is 64.1 Å². The van der Waals surface area contributed by atoms with Crippen molar-refractivity contribution in [3.63, 3.8) is 0 Å². The standard InChI is InChI=1S/C29H42N6O3Si/c1-28(2,3)38-27(36)34-16-12-29(13-17-34)10-8-22(9-11-29)25-24(26-31-14-7-15-32-26)23(20-30)35(33-25)21-37-18-19-39(4,5)6/h7-8,14-15H,9-13,16-19,21H2,1-6H3. The molecule has 1 spiro atoms. The Bertz CT molecular complexity index is 1230. The van der Waals surface area contributed by atoms with Gasteiger partial charge in [-0.3, -0.25) is 0 Å². The van der Waals surface area contributed by atoms with Gasteiger partial charge in [-0.05, 0) is 76.0 Å². The minimum atomic E-state index is -1.22. The van der Waals surface area contributed by atoms with Gasteiger partial charge < -0.3 is 14.4 Å². The van der Waals surface area contributed by atoms with Crippen LogP contribution in [0, 0.1) is 16.7 Å². The molecule has 1 fully saturated rings. The van der Waals surface area contributed by atoms with Crippen LogP contribution >= 0.6 is 0 Å². The van der Waals surface area contributed by atoms with E-state index in [1.807, 2.05) is 25.7 Å². The second kappa shape index (κ2) is 11.6. The maximum Gasteiger partial charge on any atom is 0.410 e. The van der Waals surface area contributed by atoms with Gasteiger partial charge in [-0.2, -0.15) is 10.4 Å². The van der Waals surface area contributed by atoms with Crippen molar-refractivity contribution in [2.24, 2.45) is 5.41 Å². The van der Waals surface area contributed by atoms with Crippen molar-refractivity contribution in [1.29, 1.82) is 5.26 Å². The Labute approximate surface area is 233 Å². The maximum atomic E-state index is 12.5. The highest BCUT2D eigenvalue weighted by atomic mass is 28.3. The minimum Gasteiger partial charge on any atom is -0.444 e. The molecule has 0 saturated carbocycles. The quantitative estimate of drug-likeness (QED) is 0.302. The number of amides is 1. The van der Waals surface area contributed by atoms with Crippen molar-refractivity contribution in [1.82, 2.24) is 24.6 Å². The zero-order valence-electron chi connectivity index (χ0n) is 24.3. The number of hydrogen-bond acceptors (Lipinski definition) is 7. The first-order chi connectivity index (χ1) is 18.4. The fourth-order valence-corrected chi connectivity index (χ4v) is 5.92. The first-order valence-corrected chi connectivity index (χ1v) is 17.6. The Morgan fingerprint density at radius 3 is 2.41 bits per heavy atom. The van der Waals surface area contributed by atoms with Crippen LogP contribution in [-0.2, 0) is 16.2 Å². The fourth-order valence-electron chi connectivity index (χ4n) is 5.17. The maximum absolute atomic E-state index is 12.5. The van der Waals surface area contributed by atoms with Crippen LogP contribution in [0.15, 0.2) is 24.5 Å². The van der Waals surface area contributed by atoms with E-state index in [0.717, 1.165) is 49.4 Å². The normalized spacial score (nSPS) is 17.6. The van der Waals surface area contributed by atoms with Gasteiger partial charge in [-0.1, -0.05) is 25.7 Å². The second-order valence-electron chi connectivity index (χ2n) is 13.0. The summed E-state index contributed by atoms with van der Waals surface area (Å²) in [5.74, 6) is 0.504. The van der Waals surface area contributed by atoms with Crippen LogP contribution in [0.5, 0.6) is 0 Å². The minimum absolute atomic E-state index is 0.173. The average Bonchev–Trinajstić information content (AvgIpc) is 3.25. The van der Waals surface area contributed by atoms with E-state index in [1.54, 1.807) is 23.1 Å². The molecule has 1 amide bonds. The van der Waals surface area contributed by atoms with Gasteiger partial charge in [0.25, 0.3) is 0 Å². The van der Waals surface area contributed by atoms with E-state index < -0.39 is 13.7 Å². The highest BCUT2D eigenvalue weighted by molar-refractivity contribution is 6.76. The molecular weight excluding hydrogens is 508 g/mol. The summed E-state index contributed by atoms with van der Waals surface area (Å²) in [4.78, 5) is 23.3. The number of rotatable bonds is 7. The van der Waals surface area contributed by atoms with E-state index in [0.29, 0.717) is 36.8 Å². The number of aromatic nitrogens is 4. The lowest BCUT2D eigenvalue weighted by molar-refractivity contribution is 0.00895. The van der Waals surface area contributed by atoms with Gasteiger partial charge in [0.1, 0.15) is 24.1 Å². The molecule has 3 heterocycles. The van der Waals surface area contributed by atoms with Crippen molar-refractivity contribution in [3.05, 3.63) is 35.9 Å². The second-order valence-corrected chi connectivity index (χ2v) is 18.6. The van der Waals surface area contributed by atoms with Gasteiger partial charge >= 0.3 is 6.09 Å². The molecule has 0 atom stereocenters. The first kappa shape index (κ1) is 29.0. The number of carbonyl (C=O) groups is 1. The molecule has 39 heavy (non-hydrogen) atoms. The Morgan fingerprint density at radius 1 is 1.15 bits per heavy atom. The summed E-state index contributed by atoms with van der Waals surface area (Å²) < 4.78 is 13.2. The van der Waals surface area contributed by atoms with E-state index >= 15 is 0 Å². The smallest absolute Gasteiger partial charge is 0.410 e. The van der Waals surface area contributed by atoms with Crippen molar-refractivity contribution in [2.75, 3.05) is 19.7 Å². The first-order valence-electron chi connectivity index (χ1n) is 13.9. The zero-order valence-corrected chi connectivity index (χ0v) is 25.3. The third-order valence-corrected chi connectivity index (χ3v) is 9.25. The summed E-state index contributed by atoms with van der Waals surface area (Å²) in [7, 11) is -1.22. The average molecular weight is 551 g/mol. The van der Waals surface area contributed by atoms with Crippen LogP contribution in [0.4, 0.5) is 4.79 Å². The molecule has 1 saturated heterocycles. The van der Waals surface area contributed by atoms with E-state index in [1.165, 1.54) is 0 Å². The molecule has 0 aromatic carbocycles. The third-order valence-electron chi connectivity index (χ3n) is 7.54. The van der Waals surface area contributed by atoms with Gasteiger partial charge in [-0.25, -0.2) is 19.4 Å². The molecule has 4 rings (SSSR count). The number of allylic oxidation sites excluding steroid dienone is 2. The number of nitrogens with zero attached hydrogens (tertiary/aromatic N) is 6. The molecule has 1 aliphatic carbocycles. The molecule has 10 heteroatoms. The predicted molar refractivity (Wildman–Crippen MR) is 153 cm³/mol. The highest BCUT2D eigenvalue weighted by Gasteiger charge is 2.39. The van der Waals surface area contributed by atoms with E-state index in [-0.39, 0.29) is 18.2 Å². The van der Waals surface area contributed by atoms with Crippen LogP contribution in [0.3, 0.4) is 0 Å². The van der Waals surface area contributed by atoms with Crippen molar-refractivity contribution in [2.45, 2.75) is 90.9 Å². The molecule has 2 aromatic rings. The molecule has 210 valence electrons. The lowest BCUT2D eigenvalue weighted by atomic mass is 9.68. The van der Waals surface area contributed by atoms with Crippen molar-refractivity contribution < 1.29 is 14.3 Å². The predicted octanol–water partition coefficient (Wildman–Crippen LogP) is 6.11. The van der Waals surface area contributed by atoms with Crippen LogP contribution in [0.1, 0.15) is 64.3 Å². The third kappa shape index (κ3) is 7.34. The number of ether oxygens (including phenoxy) is 2. The van der Waals surface area contributed by atoms with E-state index in [4.69, 9.17) is 14.6 Å². The van der Waals surface area contributed by atoms with Crippen LogP contribution in [0.25, 0.3) is 17.0 Å². The van der Waals surface area contributed by atoms with Gasteiger partial charge in [-0.15, -0.1) is 0 Å². The zero-order chi connectivity index (χ0) is 28.3. The summed E-state index contributed by atoms with van der Waals surface area (Å²) in [5, 5.41) is 15.0. The molecule has 9 nitrogen and oxygen atoms in total. The number of carbonyl (C=O) groups excluding carboxylic acids is 1. The summed E-state index contributed by atoms with van der Waals surface area (Å²) in [6, 6.07) is 5.16. The fraction of sp³-hybridized carbons (Fsp3) is 0.621. The number of likely N-dealkylation sites (tertiary alicyclic amines) is 1. The Morgan fingerprint density at radius 2 is 1.85 bits per heavy atom. The highest BCUT2D eigenvalue weighted by Crippen LogP contribution is 2.47. The molecule has 2 aromatic heterocycles. The van der Waals surface area contributed by atoms with Gasteiger partial charge in [0, 0.05) is 40.2 Å². The van der Waals surface area contributed by atoms with Crippen molar-refractivity contribution >= 4 is 19.7 Å². The summed E-state index contributed by atoms with van der Waals surface area (Å²) >= 11 is 0.